The highest BCUT2D eigenvalue weighted by Crippen LogP contribution is 2.37. The first-order chi connectivity index (χ1) is 9.78. The van der Waals surface area contributed by atoms with Gasteiger partial charge in [0, 0.05) is 18.8 Å². The highest BCUT2D eigenvalue weighted by atomic mass is 35.5. The van der Waals surface area contributed by atoms with Crippen LogP contribution in [0.3, 0.4) is 0 Å². The summed E-state index contributed by atoms with van der Waals surface area (Å²) in [6, 6.07) is 5.41. The lowest BCUT2D eigenvalue weighted by Crippen LogP contribution is -2.56. The lowest BCUT2D eigenvalue weighted by atomic mass is 9.88. The van der Waals surface area contributed by atoms with Crippen molar-refractivity contribution < 1.29 is 22.7 Å². The van der Waals surface area contributed by atoms with Gasteiger partial charge < -0.3 is 15.4 Å². The molecule has 0 radical (unpaired) electrons. The van der Waals surface area contributed by atoms with Crippen LogP contribution in [0, 0.1) is 0 Å². The van der Waals surface area contributed by atoms with E-state index < -0.39 is 23.2 Å². The fraction of sp³-hybridized carbons (Fsp3) is 0.500. The van der Waals surface area contributed by atoms with Gasteiger partial charge in [-0.15, -0.1) is 12.4 Å². The quantitative estimate of drug-likeness (QED) is 0.842. The Bertz CT molecular complexity index is 529. The minimum atomic E-state index is -4.41. The summed E-state index contributed by atoms with van der Waals surface area (Å²) in [6.07, 6.45) is -3.89. The van der Waals surface area contributed by atoms with E-state index in [4.69, 9.17) is 5.73 Å². The molecular formula is C14H18ClF3N2O2. The van der Waals surface area contributed by atoms with E-state index in [1.165, 1.54) is 19.2 Å². The number of para-hydroxylation sites is 1. The molecule has 0 aliphatic carbocycles. The van der Waals surface area contributed by atoms with Gasteiger partial charge >= 0.3 is 12.1 Å². The molecule has 0 amide bonds. The highest BCUT2D eigenvalue weighted by Gasteiger charge is 2.41. The van der Waals surface area contributed by atoms with E-state index in [0.29, 0.717) is 0 Å². The standard InChI is InChI=1S/C14H17F3N2O2.ClH/c1-21-12(20)13(18)6-8-19(9-7-13)11-5-3-2-4-10(11)14(15,16)17;/h2-5H,6-9,18H2,1H3;1H. The molecule has 22 heavy (non-hydrogen) atoms. The van der Waals surface area contributed by atoms with Crippen molar-refractivity contribution in [2.45, 2.75) is 24.6 Å². The molecule has 1 saturated heterocycles. The zero-order chi connectivity index (χ0) is 15.7. The van der Waals surface area contributed by atoms with Gasteiger partial charge in [0.2, 0.25) is 0 Å². The minimum Gasteiger partial charge on any atom is -0.468 e. The van der Waals surface area contributed by atoms with Crippen molar-refractivity contribution in [1.82, 2.24) is 0 Å². The zero-order valence-electron chi connectivity index (χ0n) is 12.0. The van der Waals surface area contributed by atoms with Crippen LogP contribution in [0.1, 0.15) is 18.4 Å². The van der Waals surface area contributed by atoms with Crippen molar-refractivity contribution >= 4 is 24.1 Å². The second-order valence-corrected chi connectivity index (χ2v) is 5.15. The summed E-state index contributed by atoms with van der Waals surface area (Å²) in [5.41, 5.74) is 4.29. The number of hydrogen-bond donors (Lipinski definition) is 1. The second-order valence-electron chi connectivity index (χ2n) is 5.15. The average molecular weight is 339 g/mol. The zero-order valence-corrected chi connectivity index (χ0v) is 12.8. The first kappa shape index (κ1) is 18.6. The minimum absolute atomic E-state index is 0. The number of carbonyl (C=O) groups is 1. The molecule has 0 aromatic heterocycles. The van der Waals surface area contributed by atoms with Gasteiger partial charge in [0.15, 0.2) is 0 Å². The summed E-state index contributed by atoms with van der Waals surface area (Å²) >= 11 is 0. The van der Waals surface area contributed by atoms with E-state index >= 15 is 0 Å². The monoisotopic (exact) mass is 338 g/mol. The Hall–Kier alpha value is -1.47. The number of rotatable bonds is 2. The molecule has 1 aliphatic heterocycles. The predicted octanol–water partition coefficient (Wildman–Crippen LogP) is 2.60. The van der Waals surface area contributed by atoms with Gasteiger partial charge in [-0.1, -0.05) is 12.1 Å². The normalized spacial score (nSPS) is 17.6. The summed E-state index contributed by atoms with van der Waals surface area (Å²) in [5, 5.41) is 0. The number of halogens is 4. The molecule has 1 heterocycles. The van der Waals surface area contributed by atoms with E-state index in [9.17, 15) is 18.0 Å². The van der Waals surface area contributed by atoms with Gasteiger partial charge in [0.1, 0.15) is 5.54 Å². The Morgan fingerprint density at radius 2 is 1.82 bits per heavy atom. The first-order valence-corrected chi connectivity index (χ1v) is 6.56. The largest absolute Gasteiger partial charge is 0.468 e. The van der Waals surface area contributed by atoms with Crippen LogP contribution in [0.5, 0.6) is 0 Å². The van der Waals surface area contributed by atoms with Crippen LogP contribution >= 0.6 is 12.4 Å². The highest BCUT2D eigenvalue weighted by molar-refractivity contribution is 5.85. The topological polar surface area (TPSA) is 55.6 Å². The Labute approximate surface area is 132 Å². The molecule has 1 aromatic carbocycles. The molecule has 2 N–H and O–H groups in total. The maximum absolute atomic E-state index is 13.0. The predicted molar refractivity (Wildman–Crippen MR) is 79.1 cm³/mol. The number of carbonyl (C=O) groups excluding carboxylic acids is 1. The van der Waals surface area contributed by atoms with Gasteiger partial charge in [-0.3, -0.25) is 4.79 Å². The number of ether oxygens (including phenoxy) is 1. The Balaban J connectivity index is 0.00000242. The van der Waals surface area contributed by atoms with Crippen LogP contribution in [-0.4, -0.2) is 31.7 Å². The molecule has 124 valence electrons. The lowest BCUT2D eigenvalue weighted by Gasteiger charge is -2.39. The van der Waals surface area contributed by atoms with E-state index in [0.717, 1.165) is 6.07 Å². The van der Waals surface area contributed by atoms with Crippen LogP contribution in [0.2, 0.25) is 0 Å². The van der Waals surface area contributed by atoms with Gasteiger partial charge in [-0.05, 0) is 25.0 Å². The summed E-state index contributed by atoms with van der Waals surface area (Å²) in [7, 11) is 1.25. The summed E-state index contributed by atoms with van der Waals surface area (Å²) in [4.78, 5) is 13.2. The number of benzene rings is 1. The van der Waals surface area contributed by atoms with E-state index in [-0.39, 0.29) is 44.0 Å². The molecule has 0 unspecified atom stereocenters. The molecule has 2 rings (SSSR count). The van der Waals surface area contributed by atoms with Gasteiger partial charge in [0.25, 0.3) is 0 Å². The van der Waals surface area contributed by atoms with Crippen LogP contribution < -0.4 is 10.6 Å². The third kappa shape index (κ3) is 3.64. The van der Waals surface area contributed by atoms with Crippen LogP contribution in [0.15, 0.2) is 24.3 Å². The van der Waals surface area contributed by atoms with E-state index in [1.54, 1.807) is 11.0 Å². The van der Waals surface area contributed by atoms with Crippen LogP contribution in [0.4, 0.5) is 18.9 Å². The Morgan fingerprint density at radius 1 is 1.27 bits per heavy atom. The van der Waals surface area contributed by atoms with Crippen molar-refractivity contribution in [3.8, 4) is 0 Å². The maximum atomic E-state index is 13.0. The Morgan fingerprint density at radius 3 is 2.32 bits per heavy atom. The molecule has 0 spiro atoms. The number of piperidine rings is 1. The van der Waals surface area contributed by atoms with Crippen molar-refractivity contribution in [1.29, 1.82) is 0 Å². The van der Waals surface area contributed by atoms with Crippen molar-refractivity contribution in [3.05, 3.63) is 29.8 Å². The third-order valence-electron chi connectivity index (χ3n) is 3.80. The smallest absolute Gasteiger partial charge is 0.418 e. The Kier molecular flexibility index (Phi) is 5.70. The van der Waals surface area contributed by atoms with Crippen molar-refractivity contribution in [2.24, 2.45) is 5.73 Å². The first-order valence-electron chi connectivity index (χ1n) is 6.56. The number of esters is 1. The van der Waals surface area contributed by atoms with Gasteiger partial charge in [-0.2, -0.15) is 13.2 Å². The van der Waals surface area contributed by atoms with Crippen molar-refractivity contribution in [2.75, 3.05) is 25.1 Å². The fourth-order valence-corrected chi connectivity index (χ4v) is 2.54. The third-order valence-corrected chi connectivity index (χ3v) is 3.80. The maximum Gasteiger partial charge on any atom is 0.418 e. The van der Waals surface area contributed by atoms with Crippen LogP contribution in [-0.2, 0) is 15.7 Å². The summed E-state index contributed by atoms with van der Waals surface area (Å²) < 4.78 is 43.7. The summed E-state index contributed by atoms with van der Waals surface area (Å²) in [5.74, 6) is -0.522. The molecule has 0 atom stereocenters. The average Bonchev–Trinajstić information content (AvgIpc) is 2.46. The number of anilines is 1. The number of alkyl halides is 3. The molecule has 1 aromatic rings. The molecule has 8 heteroatoms. The van der Waals surface area contributed by atoms with Gasteiger partial charge in [-0.25, -0.2) is 0 Å². The van der Waals surface area contributed by atoms with Gasteiger partial charge in [0.05, 0.1) is 12.7 Å². The molecular weight excluding hydrogens is 321 g/mol. The van der Waals surface area contributed by atoms with Crippen molar-refractivity contribution in [3.63, 3.8) is 0 Å². The fourth-order valence-electron chi connectivity index (χ4n) is 2.54. The SMILES string of the molecule is COC(=O)C1(N)CCN(c2ccccc2C(F)(F)F)CC1.Cl. The van der Waals surface area contributed by atoms with Crippen LogP contribution in [0.25, 0.3) is 0 Å². The molecule has 1 fully saturated rings. The molecule has 4 nitrogen and oxygen atoms in total. The second kappa shape index (κ2) is 6.75. The lowest BCUT2D eigenvalue weighted by molar-refractivity contribution is -0.148. The molecule has 0 bridgehead atoms. The number of hydrogen-bond acceptors (Lipinski definition) is 4. The molecule has 0 saturated carbocycles. The number of nitrogens with two attached hydrogens (primary N) is 1. The molecule has 1 aliphatic rings. The number of methoxy groups -OCH3 is 1. The van der Waals surface area contributed by atoms with E-state index in [1.807, 2.05) is 0 Å². The summed E-state index contributed by atoms with van der Waals surface area (Å²) in [6.45, 7) is 0.553. The van der Waals surface area contributed by atoms with E-state index in [2.05, 4.69) is 4.74 Å². The number of nitrogens with zero attached hydrogens (tertiary/aromatic N) is 1.